The van der Waals surface area contributed by atoms with Gasteiger partial charge in [0, 0.05) is 12.7 Å². The number of primary amides is 2. The third-order valence-corrected chi connectivity index (χ3v) is 2.94. The minimum absolute atomic E-state index is 0.121. The molecule has 0 atom stereocenters. The molecule has 0 aromatic carbocycles. The van der Waals surface area contributed by atoms with Gasteiger partial charge in [-0.1, -0.05) is 6.07 Å². The molecule has 0 saturated heterocycles. The van der Waals surface area contributed by atoms with Crippen molar-refractivity contribution in [1.82, 2.24) is 14.7 Å². The molecule has 8 heteroatoms. The van der Waals surface area contributed by atoms with Crippen molar-refractivity contribution in [1.29, 1.82) is 0 Å². The number of carbonyl (C=O) groups excluding carboxylic acids is 2. The lowest BCUT2D eigenvalue weighted by Gasteiger charge is -2.20. The fraction of sp³-hybridized carbons (Fsp3) is 0.308. The summed E-state index contributed by atoms with van der Waals surface area (Å²) in [4.78, 5) is 28.4. The number of nitrogens with one attached hydrogen (secondary N) is 1. The number of anilines is 1. The van der Waals surface area contributed by atoms with Crippen molar-refractivity contribution in [3.63, 3.8) is 0 Å². The van der Waals surface area contributed by atoms with E-state index in [1.807, 2.05) is 28.8 Å². The van der Waals surface area contributed by atoms with Crippen LogP contribution in [0.2, 0.25) is 0 Å². The first-order valence-corrected chi connectivity index (χ1v) is 6.45. The lowest BCUT2D eigenvalue weighted by Crippen LogP contribution is -2.40. The first-order chi connectivity index (χ1) is 10.0. The minimum Gasteiger partial charge on any atom is -0.368 e. The zero-order valence-corrected chi connectivity index (χ0v) is 11.7. The van der Waals surface area contributed by atoms with Gasteiger partial charge in [-0.25, -0.2) is 4.98 Å². The van der Waals surface area contributed by atoms with Crippen molar-refractivity contribution in [3.8, 4) is 0 Å². The summed E-state index contributed by atoms with van der Waals surface area (Å²) in [6, 6.07) is 5.58. The summed E-state index contributed by atoms with van der Waals surface area (Å²) >= 11 is 0. The molecule has 0 unspecified atom stereocenters. The number of nitrogens with zero attached hydrogens (tertiary/aromatic N) is 3. The molecule has 5 N–H and O–H groups in total. The SMILES string of the molecule is CNCc1c(N(CC(N)=O)CC(N)=O)nc2ccccn12. The Morgan fingerprint density at radius 1 is 1.29 bits per heavy atom. The number of carbonyl (C=O) groups is 2. The fourth-order valence-corrected chi connectivity index (χ4v) is 2.20. The van der Waals surface area contributed by atoms with Gasteiger partial charge in [0.15, 0.2) is 5.82 Å². The Kier molecular flexibility index (Phi) is 4.39. The van der Waals surface area contributed by atoms with Crippen LogP contribution in [0, 0.1) is 0 Å². The van der Waals surface area contributed by atoms with Crippen LogP contribution in [0.3, 0.4) is 0 Å². The summed E-state index contributed by atoms with van der Waals surface area (Å²) in [5, 5.41) is 3.04. The molecular formula is C13H18N6O2. The van der Waals surface area contributed by atoms with Gasteiger partial charge in [0.2, 0.25) is 11.8 Å². The number of imidazole rings is 1. The maximum atomic E-state index is 11.2. The maximum absolute atomic E-state index is 11.2. The number of aromatic nitrogens is 2. The van der Waals surface area contributed by atoms with E-state index in [2.05, 4.69) is 10.3 Å². The van der Waals surface area contributed by atoms with Crippen molar-refractivity contribution in [3.05, 3.63) is 30.1 Å². The Morgan fingerprint density at radius 2 is 1.95 bits per heavy atom. The number of amides is 2. The van der Waals surface area contributed by atoms with Crippen LogP contribution < -0.4 is 21.7 Å². The number of rotatable bonds is 7. The first kappa shape index (κ1) is 14.8. The molecule has 2 aromatic heterocycles. The van der Waals surface area contributed by atoms with Crippen LogP contribution >= 0.6 is 0 Å². The Labute approximate surface area is 121 Å². The molecule has 0 saturated carbocycles. The monoisotopic (exact) mass is 290 g/mol. The molecule has 0 aliphatic carbocycles. The Balaban J connectivity index is 2.51. The van der Waals surface area contributed by atoms with Crippen molar-refractivity contribution in [2.24, 2.45) is 11.5 Å². The molecule has 0 aliphatic heterocycles. The topological polar surface area (TPSA) is 119 Å². The quantitative estimate of drug-likeness (QED) is 0.594. The highest BCUT2D eigenvalue weighted by Crippen LogP contribution is 2.21. The molecule has 0 spiro atoms. The van der Waals surface area contributed by atoms with Gasteiger partial charge in [-0.05, 0) is 19.2 Å². The minimum atomic E-state index is -0.552. The van der Waals surface area contributed by atoms with Gasteiger partial charge in [-0.3, -0.25) is 9.59 Å². The summed E-state index contributed by atoms with van der Waals surface area (Å²) in [5.74, 6) is -0.583. The largest absolute Gasteiger partial charge is 0.368 e. The summed E-state index contributed by atoms with van der Waals surface area (Å²) in [7, 11) is 1.80. The molecule has 2 heterocycles. The van der Waals surface area contributed by atoms with Crippen LogP contribution in [0.15, 0.2) is 24.4 Å². The number of hydrogen-bond acceptors (Lipinski definition) is 5. The second-order valence-electron chi connectivity index (χ2n) is 4.63. The molecule has 2 aromatic rings. The number of nitrogens with two attached hydrogens (primary N) is 2. The average Bonchev–Trinajstić information content (AvgIpc) is 2.77. The van der Waals surface area contributed by atoms with Crippen LogP contribution in [0.1, 0.15) is 5.69 Å². The predicted molar refractivity (Wildman–Crippen MR) is 78.6 cm³/mol. The molecule has 2 amide bonds. The van der Waals surface area contributed by atoms with Gasteiger partial charge in [0.1, 0.15) is 5.65 Å². The van der Waals surface area contributed by atoms with Gasteiger partial charge < -0.3 is 26.1 Å². The van der Waals surface area contributed by atoms with E-state index in [1.54, 1.807) is 7.05 Å². The van der Waals surface area contributed by atoms with E-state index >= 15 is 0 Å². The highest BCUT2D eigenvalue weighted by atomic mass is 16.2. The normalized spacial score (nSPS) is 10.7. The molecule has 21 heavy (non-hydrogen) atoms. The second kappa shape index (κ2) is 6.23. The van der Waals surface area contributed by atoms with Gasteiger partial charge in [-0.15, -0.1) is 0 Å². The highest BCUT2D eigenvalue weighted by molar-refractivity contribution is 5.85. The molecule has 0 bridgehead atoms. The van der Waals surface area contributed by atoms with E-state index in [0.29, 0.717) is 12.4 Å². The van der Waals surface area contributed by atoms with Crippen molar-refractivity contribution in [2.45, 2.75) is 6.54 Å². The van der Waals surface area contributed by atoms with Crippen LogP contribution in [0.25, 0.3) is 5.65 Å². The average molecular weight is 290 g/mol. The Hall–Kier alpha value is -2.61. The fourth-order valence-electron chi connectivity index (χ4n) is 2.20. The van der Waals surface area contributed by atoms with Crippen molar-refractivity contribution in [2.75, 3.05) is 25.0 Å². The first-order valence-electron chi connectivity index (χ1n) is 6.45. The summed E-state index contributed by atoms with van der Waals surface area (Å²) in [6.07, 6.45) is 1.87. The number of hydrogen-bond donors (Lipinski definition) is 3. The van der Waals surface area contributed by atoms with E-state index in [-0.39, 0.29) is 13.1 Å². The standard InChI is InChI=1S/C13H18N6O2/c1-16-6-9-13(17-12-4-2-3-5-19(9)12)18(7-10(14)20)8-11(15)21/h2-5,16H,6-8H2,1H3,(H2,14,20)(H2,15,21). The molecule has 0 fully saturated rings. The van der Waals surface area contributed by atoms with Crippen LogP contribution in [-0.4, -0.2) is 41.3 Å². The zero-order chi connectivity index (χ0) is 15.4. The lowest BCUT2D eigenvalue weighted by molar-refractivity contribution is -0.117. The molecule has 112 valence electrons. The summed E-state index contributed by atoms with van der Waals surface area (Å²) in [6.45, 7) is 0.279. The number of pyridine rings is 1. The van der Waals surface area contributed by atoms with Crippen molar-refractivity contribution < 1.29 is 9.59 Å². The summed E-state index contributed by atoms with van der Waals surface area (Å²) < 4.78 is 1.89. The molecule has 0 aliphatic rings. The van der Waals surface area contributed by atoms with Crippen molar-refractivity contribution >= 4 is 23.3 Å². The van der Waals surface area contributed by atoms with Gasteiger partial charge in [-0.2, -0.15) is 0 Å². The molecular weight excluding hydrogens is 272 g/mol. The van der Waals surface area contributed by atoms with E-state index in [9.17, 15) is 9.59 Å². The van der Waals surface area contributed by atoms with E-state index in [4.69, 9.17) is 11.5 Å². The Bertz CT molecular complexity index is 650. The third kappa shape index (κ3) is 3.29. The van der Waals surface area contributed by atoms with E-state index in [0.717, 1.165) is 11.3 Å². The van der Waals surface area contributed by atoms with E-state index < -0.39 is 11.8 Å². The third-order valence-electron chi connectivity index (χ3n) is 2.94. The van der Waals surface area contributed by atoms with Gasteiger partial charge in [0.05, 0.1) is 18.8 Å². The number of fused-ring (bicyclic) bond motifs is 1. The van der Waals surface area contributed by atoms with Crippen LogP contribution in [0.5, 0.6) is 0 Å². The molecule has 2 rings (SSSR count). The van der Waals surface area contributed by atoms with Crippen LogP contribution in [0.4, 0.5) is 5.82 Å². The molecule has 0 radical (unpaired) electrons. The van der Waals surface area contributed by atoms with E-state index in [1.165, 1.54) is 4.90 Å². The predicted octanol–water partition coefficient (Wildman–Crippen LogP) is -1.17. The maximum Gasteiger partial charge on any atom is 0.237 e. The highest BCUT2D eigenvalue weighted by Gasteiger charge is 2.20. The zero-order valence-electron chi connectivity index (χ0n) is 11.7. The smallest absolute Gasteiger partial charge is 0.237 e. The van der Waals surface area contributed by atoms with Crippen LogP contribution in [-0.2, 0) is 16.1 Å². The lowest BCUT2D eigenvalue weighted by atomic mass is 10.3. The second-order valence-corrected chi connectivity index (χ2v) is 4.63. The summed E-state index contributed by atoms with van der Waals surface area (Å²) in [5.41, 5.74) is 12.0. The van der Waals surface area contributed by atoms with Gasteiger partial charge >= 0.3 is 0 Å². The van der Waals surface area contributed by atoms with Gasteiger partial charge in [0.25, 0.3) is 0 Å². The molecule has 8 nitrogen and oxygen atoms in total. The Morgan fingerprint density at radius 3 is 2.52 bits per heavy atom.